The fourth-order valence-electron chi connectivity index (χ4n) is 4.31. The van der Waals surface area contributed by atoms with Crippen LogP contribution in [0.2, 0.25) is 0 Å². The first-order valence-electron chi connectivity index (χ1n) is 7.50. The molecular weight excluding hydrogens is 254 g/mol. The third kappa shape index (κ3) is 2.09. The third-order valence-electron chi connectivity index (χ3n) is 5.24. The number of anilines is 1. The zero-order valence-corrected chi connectivity index (χ0v) is 12.4. The summed E-state index contributed by atoms with van der Waals surface area (Å²) >= 11 is 0. The van der Waals surface area contributed by atoms with Gasteiger partial charge >= 0.3 is 5.97 Å². The Hall–Kier alpha value is -1.52. The second-order valence-electron chi connectivity index (χ2n) is 6.51. The minimum absolute atomic E-state index is 0.304. The molecule has 1 aromatic heterocycles. The van der Waals surface area contributed by atoms with Crippen molar-refractivity contribution in [3.05, 3.63) is 11.3 Å². The molecule has 2 aliphatic carbocycles. The van der Waals surface area contributed by atoms with Crippen molar-refractivity contribution in [1.82, 2.24) is 9.78 Å². The van der Waals surface area contributed by atoms with Crippen LogP contribution in [-0.4, -0.2) is 26.9 Å². The monoisotopic (exact) mass is 277 g/mol. The molecule has 2 bridgehead atoms. The number of hydrogen-bond donors (Lipinski definition) is 2. The Morgan fingerprint density at radius 1 is 1.45 bits per heavy atom. The molecule has 0 spiro atoms. The highest BCUT2D eigenvalue weighted by molar-refractivity contribution is 5.94. The molecule has 0 saturated heterocycles. The van der Waals surface area contributed by atoms with E-state index in [9.17, 15) is 9.90 Å². The number of nitrogens with one attached hydrogen (secondary N) is 1. The van der Waals surface area contributed by atoms with Gasteiger partial charge in [0.05, 0.1) is 5.69 Å². The van der Waals surface area contributed by atoms with Crippen LogP contribution in [0.25, 0.3) is 0 Å². The molecule has 3 rings (SSSR count). The Labute approximate surface area is 119 Å². The predicted molar refractivity (Wildman–Crippen MR) is 76.9 cm³/mol. The molecule has 1 aromatic rings. The van der Waals surface area contributed by atoms with Crippen molar-refractivity contribution in [3.8, 4) is 0 Å². The molecule has 20 heavy (non-hydrogen) atoms. The largest absolute Gasteiger partial charge is 0.477 e. The molecule has 0 aromatic carbocycles. The number of carboxylic acids is 1. The summed E-state index contributed by atoms with van der Waals surface area (Å²) < 4.78 is 1.66. The number of carbonyl (C=O) groups is 1. The summed E-state index contributed by atoms with van der Waals surface area (Å²) in [4.78, 5) is 11.4. The van der Waals surface area contributed by atoms with Gasteiger partial charge in [-0.15, -0.1) is 0 Å². The first-order chi connectivity index (χ1) is 9.47. The van der Waals surface area contributed by atoms with Crippen LogP contribution in [0.1, 0.15) is 48.7 Å². The van der Waals surface area contributed by atoms with E-state index in [1.54, 1.807) is 18.7 Å². The van der Waals surface area contributed by atoms with E-state index in [4.69, 9.17) is 0 Å². The first kappa shape index (κ1) is 13.5. The van der Waals surface area contributed by atoms with E-state index in [1.807, 2.05) is 0 Å². The molecule has 2 aliphatic rings. The van der Waals surface area contributed by atoms with Crippen LogP contribution in [0.15, 0.2) is 0 Å². The number of carboxylic acid groups (broad SMARTS) is 1. The summed E-state index contributed by atoms with van der Waals surface area (Å²) in [7, 11) is 1.80. The van der Waals surface area contributed by atoms with Gasteiger partial charge < -0.3 is 10.4 Å². The van der Waals surface area contributed by atoms with E-state index in [0.29, 0.717) is 29.0 Å². The van der Waals surface area contributed by atoms with Crippen LogP contribution in [-0.2, 0) is 7.05 Å². The molecule has 4 unspecified atom stereocenters. The molecule has 0 radical (unpaired) electrons. The zero-order chi connectivity index (χ0) is 14.4. The van der Waals surface area contributed by atoms with Crippen molar-refractivity contribution in [2.75, 3.05) is 5.32 Å². The molecule has 1 heterocycles. The highest BCUT2D eigenvalue weighted by Gasteiger charge is 2.42. The maximum Gasteiger partial charge on any atom is 0.341 e. The van der Waals surface area contributed by atoms with Gasteiger partial charge in [0.2, 0.25) is 0 Å². The summed E-state index contributed by atoms with van der Waals surface area (Å²) in [5, 5.41) is 17.0. The van der Waals surface area contributed by atoms with Crippen LogP contribution in [0.4, 0.5) is 5.82 Å². The zero-order valence-electron chi connectivity index (χ0n) is 12.4. The summed E-state index contributed by atoms with van der Waals surface area (Å²) in [6.07, 6.45) is 5.39. The van der Waals surface area contributed by atoms with E-state index in [2.05, 4.69) is 17.3 Å². The summed E-state index contributed by atoms with van der Waals surface area (Å²) in [5.74, 6) is 2.14. The molecule has 0 aliphatic heterocycles. The highest BCUT2D eigenvalue weighted by Crippen LogP contribution is 2.49. The number of aromatic carboxylic acids is 1. The molecule has 2 saturated carbocycles. The van der Waals surface area contributed by atoms with E-state index in [0.717, 1.165) is 11.8 Å². The van der Waals surface area contributed by atoms with E-state index in [1.165, 1.54) is 25.7 Å². The Kier molecular flexibility index (Phi) is 3.22. The third-order valence-corrected chi connectivity index (χ3v) is 5.24. The van der Waals surface area contributed by atoms with Gasteiger partial charge in [0.25, 0.3) is 0 Å². The lowest BCUT2D eigenvalue weighted by molar-refractivity contribution is 0.0697. The van der Waals surface area contributed by atoms with Crippen LogP contribution in [0.3, 0.4) is 0 Å². The van der Waals surface area contributed by atoms with Gasteiger partial charge in [0, 0.05) is 13.1 Å². The topological polar surface area (TPSA) is 67.2 Å². The van der Waals surface area contributed by atoms with Crippen molar-refractivity contribution < 1.29 is 9.90 Å². The molecule has 2 fully saturated rings. The number of rotatable bonds is 4. The molecule has 110 valence electrons. The lowest BCUT2D eigenvalue weighted by atomic mass is 9.84. The fourth-order valence-corrected chi connectivity index (χ4v) is 4.31. The average Bonchev–Trinajstić information content (AvgIpc) is 3.04. The van der Waals surface area contributed by atoms with Gasteiger partial charge in [-0.2, -0.15) is 5.10 Å². The Morgan fingerprint density at radius 3 is 2.75 bits per heavy atom. The van der Waals surface area contributed by atoms with Gasteiger partial charge in [-0.1, -0.05) is 6.42 Å². The average molecular weight is 277 g/mol. The summed E-state index contributed by atoms with van der Waals surface area (Å²) in [6.45, 7) is 3.93. The minimum atomic E-state index is -0.904. The SMILES string of the molecule is Cc1nn(C)c(NC(C)C2CC3CCC2C3)c1C(=O)O. The maximum absolute atomic E-state index is 11.4. The Balaban J connectivity index is 1.79. The maximum atomic E-state index is 11.4. The minimum Gasteiger partial charge on any atom is -0.477 e. The normalized spacial score (nSPS) is 29.6. The quantitative estimate of drug-likeness (QED) is 0.888. The summed E-state index contributed by atoms with van der Waals surface area (Å²) in [6, 6.07) is 0.304. The predicted octanol–water partition coefficient (Wildman–Crippen LogP) is 2.66. The number of aryl methyl sites for hydroxylation is 2. The van der Waals surface area contributed by atoms with Crippen molar-refractivity contribution in [2.24, 2.45) is 24.8 Å². The fraction of sp³-hybridized carbons (Fsp3) is 0.733. The van der Waals surface area contributed by atoms with Crippen molar-refractivity contribution in [1.29, 1.82) is 0 Å². The van der Waals surface area contributed by atoms with Crippen molar-refractivity contribution >= 4 is 11.8 Å². The van der Waals surface area contributed by atoms with Crippen LogP contribution >= 0.6 is 0 Å². The van der Waals surface area contributed by atoms with Gasteiger partial charge in [0.15, 0.2) is 0 Å². The van der Waals surface area contributed by atoms with Gasteiger partial charge in [-0.05, 0) is 50.9 Å². The number of aromatic nitrogens is 2. The van der Waals surface area contributed by atoms with Gasteiger partial charge in [0.1, 0.15) is 11.4 Å². The standard InChI is InChI=1S/C15H23N3O2/c1-8(12-7-10-4-5-11(12)6-10)16-14-13(15(19)20)9(2)17-18(14)3/h8,10-12,16H,4-7H2,1-3H3,(H,19,20). The lowest BCUT2D eigenvalue weighted by Gasteiger charge is -2.29. The van der Waals surface area contributed by atoms with E-state index in [-0.39, 0.29) is 0 Å². The molecule has 5 nitrogen and oxygen atoms in total. The molecule has 0 amide bonds. The molecule has 5 heteroatoms. The molecular formula is C15H23N3O2. The van der Waals surface area contributed by atoms with Crippen LogP contribution in [0, 0.1) is 24.7 Å². The second kappa shape index (κ2) is 4.79. The number of fused-ring (bicyclic) bond motifs is 2. The number of hydrogen-bond acceptors (Lipinski definition) is 3. The van der Waals surface area contributed by atoms with Gasteiger partial charge in [-0.25, -0.2) is 4.79 Å². The highest BCUT2D eigenvalue weighted by atomic mass is 16.4. The summed E-state index contributed by atoms with van der Waals surface area (Å²) in [5.41, 5.74) is 0.880. The van der Waals surface area contributed by atoms with Gasteiger partial charge in [-0.3, -0.25) is 4.68 Å². The van der Waals surface area contributed by atoms with E-state index < -0.39 is 5.97 Å². The first-order valence-corrected chi connectivity index (χ1v) is 7.50. The van der Waals surface area contributed by atoms with Crippen molar-refractivity contribution in [2.45, 2.75) is 45.6 Å². The molecule has 2 N–H and O–H groups in total. The van der Waals surface area contributed by atoms with Crippen LogP contribution in [0.5, 0.6) is 0 Å². The van der Waals surface area contributed by atoms with Crippen molar-refractivity contribution in [3.63, 3.8) is 0 Å². The second-order valence-corrected chi connectivity index (χ2v) is 6.51. The molecule has 4 atom stereocenters. The number of nitrogens with zero attached hydrogens (tertiary/aromatic N) is 2. The lowest BCUT2D eigenvalue weighted by Crippen LogP contribution is -2.31. The van der Waals surface area contributed by atoms with Crippen LogP contribution < -0.4 is 5.32 Å². The Bertz CT molecular complexity index is 537. The smallest absolute Gasteiger partial charge is 0.341 e. The Morgan fingerprint density at radius 2 is 2.20 bits per heavy atom. The van der Waals surface area contributed by atoms with E-state index >= 15 is 0 Å².